The molecule has 2 aromatic carbocycles. The minimum atomic E-state index is -0.431. The van der Waals surface area contributed by atoms with Crippen molar-refractivity contribution in [3.05, 3.63) is 47.0 Å². The molecule has 1 amide bonds. The number of rotatable bonds is 4. The number of hydrogen-bond acceptors (Lipinski definition) is 6. The second-order valence-corrected chi connectivity index (χ2v) is 7.74. The lowest BCUT2D eigenvalue weighted by molar-refractivity contribution is 0.0973. The Kier molecular flexibility index (Phi) is 4.71. The zero-order valence-corrected chi connectivity index (χ0v) is 17.5. The molecule has 0 spiro atoms. The number of amides is 1. The van der Waals surface area contributed by atoms with Crippen molar-refractivity contribution in [3.8, 4) is 17.2 Å². The van der Waals surface area contributed by atoms with Gasteiger partial charge in [0, 0.05) is 24.1 Å². The molecule has 1 aliphatic rings. The van der Waals surface area contributed by atoms with Crippen LogP contribution in [0.15, 0.2) is 45.8 Å². The van der Waals surface area contributed by atoms with Crippen LogP contribution >= 0.6 is 11.3 Å². The number of carbonyl (C=O) groups excluding carboxylic acids is 1. The second kappa shape index (κ2) is 7.53. The molecule has 0 fully saturated rings. The highest BCUT2D eigenvalue weighted by molar-refractivity contribution is 7.16. The Hall–Kier alpha value is -3.26. The van der Waals surface area contributed by atoms with Crippen molar-refractivity contribution < 1.29 is 23.4 Å². The molecule has 0 radical (unpaired) electrons. The summed E-state index contributed by atoms with van der Waals surface area (Å²) in [4.78, 5) is 17.9. The Morgan fingerprint density at radius 3 is 2.73 bits per heavy atom. The van der Waals surface area contributed by atoms with E-state index in [9.17, 15) is 4.79 Å². The first kappa shape index (κ1) is 18.7. The van der Waals surface area contributed by atoms with E-state index in [0.717, 1.165) is 21.4 Å². The van der Waals surface area contributed by atoms with Gasteiger partial charge in [0.05, 0.1) is 16.8 Å². The maximum atomic E-state index is 12.9. The summed E-state index contributed by atoms with van der Waals surface area (Å²) in [7, 11) is 0. The molecule has 5 rings (SSSR count). The lowest BCUT2D eigenvalue weighted by Crippen LogP contribution is -2.17. The topological polar surface area (TPSA) is 75.2 Å². The summed E-state index contributed by atoms with van der Waals surface area (Å²) < 4.78 is 25.7. The van der Waals surface area contributed by atoms with E-state index < -0.39 is 5.91 Å². The minimum Gasteiger partial charge on any atom is -0.490 e. The molecular weight excluding hydrogens is 404 g/mol. The Balaban J connectivity index is 1.59. The number of aryl methyl sites for hydroxylation is 1. The highest BCUT2D eigenvalue weighted by Crippen LogP contribution is 2.35. The third-order valence-corrected chi connectivity index (χ3v) is 5.92. The van der Waals surface area contributed by atoms with Crippen molar-refractivity contribution in [2.45, 2.75) is 20.4 Å². The third-order valence-electron chi connectivity index (χ3n) is 4.88. The molecule has 4 aromatic rings. The first-order valence-corrected chi connectivity index (χ1v) is 10.7. The van der Waals surface area contributed by atoms with Crippen molar-refractivity contribution >= 4 is 38.4 Å². The van der Waals surface area contributed by atoms with Crippen LogP contribution in [0.2, 0.25) is 0 Å². The monoisotopic (exact) mass is 424 g/mol. The van der Waals surface area contributed by atoms with Crippen LogP contribution in [0.3, 0.4) is 0 Å². The number of furan rings is 1. The molecular formula is C22H20N2O5S. The molecule has 7 nitrogen and oxygen atoms in total. The number of para-hydroxylation sites is 1. The number of fused-ring (bicyclic) bond motifs is 3. The lowest BCUT2D eigenvalue weighted by Gasteiger charge is -2.18. The summed E-state index contributed by atoms with van der Waals surface area (Å²) in [6.07, 6.45) is 0. The minimum absolute atomic E-state index is 0.184. The predicted molar refractivity (Wildman–Crippen MR) is 114 cm³/mol. The van der Waals surface area contributed by atoms with Crippen LogP contribution in [-0.2, 0) is 6.54 Å². The molecule has 0 saturated heterocycles. The maximum Gasteiger partial charge on any atom is 0.315 e. The summed E-state index contributed by atoms with van der Waals surface area (Å²) in [5.74, 6) is 1.80. The van der Waals surface area contributed by atoms with Crippen LogP contribution < -0.4 is 19.0 Å². The number of hydrogen-bond donors (Lipinski definition) is 0. The third kappa shape index (κ3) is 3.13. The normalized spacial score (nSPS) is 13.9. The van der Waals surface area contributed by atoms with E-state index >= 15 is 0 Å². The number of aromatic nitrogens is 1. The summed E-state index contributed by atoms with van der Waals surface area (Å²) in [6, 6.07) is 11.2. The van der Waals surface area contributed by atoms with E-state index in [4.69, 9.17) is 18.6 Å². The van der Waals surface area contributed by atoms with Crippen LogP contribution in [0.1, 0.15) is 24.4 Å². The van der Waals surface area contributed by atoms with Gasteiger partial charge >= 0.3 is 5.91 Å². The molecule has 0 bridgehead atoms. The number of benzene rings is 2. The Morgan fingerprint density at radius 1 is 1.17 bits per heavy atom. The van der Waals surface area contributed by atoms with Gasteiger partial charge in [0.2, 0.25) is 0 Å². The van der Waals surface area contributed by atoms with Gasteiger partial charge in [-0.05, 0) is 26.0 Å². The fraction of sp³-hybridized carbons (Fsp3) is 0.273. The van der Waals surface area contributed by atoms with Crippen molar-refractivity contribution in [2.24, 2.45) is 4.99 Å². The molecule has 0 N–H and O–H groups in total. The van der Waals surface area contributed by atoms with E-state index in [2.05, 4.69) is 4.99 Å². The molecule has 1 aliphatic heterocycles. The van der Waals surface area contributed by atoms with E-state index in [-0.39, 0.29) is 5.76 Å². The molecule has 8 heteroatoms. The highest BCUT2D eigenvalue weighted by atomic mass is 32.1. The maximum absolute atomic E-state index is 12.9. The van der Waals surface area contributed by atoms with Crippen LogP contribution in [0.5, 0.6) is 17.2 Å². The average Bonchev–Trinajstić information content (AvgIpc) is 3.33. The SMILES string of the molecule is CCOc1cccc2cc(C(=O)N=c3sc4cc5c(cc4n3CC)OCCO5)oc12. The molecule has 0 aliphatic carbocycles. The fourth-order valence-corrected chi connectivity index (χ4v) is 4.65. The van der Waals surface area contributed by atoms with E-state index in [1.54, 1.807) is 6.07 Å². The zero-order chi connectivity index (χ0) is 20.7. The molecule has 3 heterocycles. The number of carbonyl (C=O) groups is 1. The van der Waals surface area contributed by atoms with Crippen LogP contribution in [0, 0.1) is 0 Å². The number of nitrogens with zero attached hydrogens (tertiary/aromatic N) is 2. The van der Waals surface area contributed by atoms with Gasteiger partial charge in [-0.25, -0.2) is 0 Å². The van der Waals surface area contributed by atoms with Crippen LogP contribution in [0.25, 0.3) is 21.2 Å². The summed E-state index contributed by atoms with van der Waals surface area (Å²) in [6.45, 7) is 6.16. The summed E-state index contributed by atoms with van der Waals surface area (Å²) >= 11 is 1.44. The first-order valence-electron chi connectivity index (χ1n) is 9.85. The predicted octanol–water partition coefficient (Wildman–Crippen LogP) is 4.38. The molecule has 154 valence electrons. The van der Waals surface area contributed by atoms with Gasteiger partial charge in [-0.1, -0.05) is 23.5 Å². The van der Waals surface area contributed by atoms with Crippen LogP contribution in [-0.4, -0.2) is 30.3 Å². The molecule has 0 unspecified atom stereocenters. The largest absolute Gasteiger partial charge is 0.490 e. The van der Waals surface area contributed by atoms with Crippen LogP contribution in [0.4, 0.5) is 0 Å². The van der Waals surface area contributed by atoms with E-state index in [1.807, 2.05) is 48.7 Å². The second-order valence-electron chi connectivity index (χ2n) is 6.73. The molecule has 2 aromatic heterocycles. The molecule has 0 saturated carbocycles. The molecule has 0 atom stereocenters. The van der Waals surface area contributed by atoms with E-state index in [1.165, 1.54) is 11.3 Å². The van der Waals surface area contributed by atoms with Gasteiger partial charge in [0.25, 0.3) is 0 Å². The highest BCUT2D eigenvalue weighted by Gasteiger charge is 2.18. The van der Waals surface area contributed by atoms with Crippen molar-refractivity contribution in [1.82, 2.24) is 4.57 Å². The number of thiazole rings is 1. The van der Waals surface area contributed by atoms with Gasteiger partial charge in [-0.15, -0.1) is 0 Å². The van der Waals surface area contributed by atoms with Gasteiger partial charge in [0.15, 0.2) is 33.4 Å². The van der Waals surface area contributed by atoms with Gasteiger partial charge < -0.3 is 23.2 Å². The average molecular weight is 424 g/mol. The Morgan fingerprint density at radius 2 is 1.97 bits per heavy atom. The zero-order valence-electron chi connectivity index (χ0n) is 16.6. The lowest BCUT2D eigenvalue weighted by atomic mass is 10.2. The quantitative estimate of drug-likeness (QED) is 0.486. The smallest absolute Gasteiger partial charge is 0.315 e. The van der Waals surface area contributed by atoms with Gasteiger partial charge in [0.1, 0.15) is 13.2 Å². The number of ether oxygens (including phenoxy) is 3. The van der Waals surface area contributed by atoms with E-state index in [0.29, 0.717) is 48.2 Å². The standard InChI is InChI=1S/C22H20N2O5S/c1-3-24-14-11-16-17(28-9-8-27-16)12-19(14)30-22(24)23-21(25)18-10-13-6-5-7-15(26-4-2)20(13)29-18/h5-7,10-12H,3-4,8-9H2,1-2H3. The van der Waals surface area contributed by atoms with Crippen molar-refractivity contribution in [3.63, 3.8) is 0 Å². The summed E-state index contributed by atoms with van der Waals surface area (Å²) in [5, 5.41) is 0.807. The Labute approximate surface area is 176 Å². The summed E-state index contributed by atoms with van der Waals surface area (Å²) in [5.41, 5.74) is 1.51. The first-order chi connectivity index (χ1) is 14.7. The Bertz CT molecular complexity index is 1330. The van der Waals surface area contributed by atoms with Gasteiger partial charge in [-0.2, -0.15) is 4.99 Å². The van der Waals surface area contributed by atoms with Gasteiger partial charge in [-0.3, -0.25) is 4.79 Å². The van der Waals surface area contributed by atoms with Crippen molar-refractivity contribution in [1.29, 1.82) is 0 Å². The fourth-order valence-electron chi connectivity index (χ4n) is 3.55. The van der Waals surface area contributed by atoms with Crippen molar-refractivity contribution in [2.75, 3.05) is 19.8 Å². The molecule has 30 heavy (non-hydrogen) atoms.